The maximum atomic E-state index is 6.44. The minimum absolute atomic E-state index is 0.0575. The summed E-state index contributed by atoms with van der Waals surface area (Å²) in [7, 11) is 0. The van der Waals surface area contributed by atoms with E-state index in [1.807, 2.05) is 18.2 Å². The van der Waals surface area contributed by atoms with Gasteiger partial charge >= 0.3 is 0 Å². The van der Waals surface area contributed by atoms with Crippen LogP contribution in [-0.4, -0.2) is 6.54 Å². The SMILES string of the molecule is CC(N)c1cc2c(cc1-c1cccc(Cl)c1)C(C)(C)CCN2Cc1ccccc1. The lowest BCUT2D eigenvalue weighted by atomic mass is 9.75. The van der Waals surface area contributed by atoms with Gasteiger partial charge in [-0.2, -0.15) is 0 Å². The van der Waals surface area contributed by atoms with Crippen LogP contribution in [0.15, 0.2) is 66.7 Å². The van der Waals surface area contributed by atoms with E-state index in [2.05, 4.69) is 74.2 Å². The van der Waals surface area contributed by atoms with E-state index in [9.17, 15) is 0 Å². The lowest BCUT2D eigenvalue weighted by Gasteiger charge is -2.41. The van der Waals surface area contributed by atoms with E-state index >= 15 is 0 Å². The summed E-state index contributed by atoms with van der Waals surface area (Å²) < 4.78 is 0. The molecule has 150 valence electrons. The highest BCUT2D eigenvalue weighted by Crippen LogP contribution is 2.44. The van der Waals surface area contributed by atoms with Crippen molar-refractivity contribution in [2.24, 2.45) is 5.73 Å². The van der Waals surface area contributed by atoms with Crippen LogP contribution in [0.2, 0.25) is 5.02 Å². The van der Waals surface area contributed by atoms with Crippen LogP contribution >= 0.6 is 11.6 Å². The van der Waals surface area contributed by atoms with Crippen molar-refractivity contribution in [1.82, 2.24) is 0 Å². The highest BCUT2D eigenvalue weighted by molar-refractivity contribution is 6.30. The van der Waals surface area contributed by atoms with Crippen LogP contribution in [-0.2, 0) is 12.0 Å². The molecule has 1 aliphatic heterocycles. The molecule has 0 fully saturated rings. The maximum Gasteiger partial charge on any atom is 0.0429 e. The number of rotatable bonds is 4. The summed E-state index contributed by atoms with van der Waals surface area (Å²) in [5, 5.41) is 0.751. The largest absolute Gasteiger partial charge is 0.367 e. The zero-order valence-electron chi connectivity index (χ0n) is 17.5. The molecule has 0 saturated carbocycles. The molecular weight excluding hydrogens is 376 g/mol. The van der Waals surface area contributed by atoms with Crippen molar-refractivity contribution >= 4 is 17.3 Å². The highest BCUT2D eigenvalue weighted by atomic mass is 35.5. The minimum Gasteiger partial charge on any atom is -0.367 e. The van der Waals surface area contributed by atoms with Crippen molar-refractivity contribution in [3.8, 4) is 11.1 Å². The van der Waals surface area contributed by atoms with Crippen LogP contribution in [0.25, 0.3) is 11.1 Å². The topological polar surface area (TPSA) is 29.3 Å². The Hall–Kier alpha value is -2.29. The average molecular weight is 405 g/mol. The molecule has 3 heteroatoms. The molecule has 3 aromatic carbocycles. The molecule has 0 spiro atoms. The maximum absolute atomic E-state index is 6.44. The van der Waals surface area contributed by atoms with Crippen LogP contribution in [0.5, 0.6) is 0 Å². The van der Waals surface area contributed by atoms with Gasteiger partial charge in [0.25, 0.3) is 0 Å². The number of nitrogens with two attached hydrogens (primary N) is 1. The van der Waals surface area contributed by atoms with Crippen molar-refractivity contribution in [1.29, 1.82) is 0 Å². The minimum atomic E-state index is -0.0575. The molecule has 0 aliphatic carbocycles. The van der Waals surface area contributed by atoms with Gasteiger partial charge in [0, 0.05) is 29.8 Å². The molecule has 1 aliphatic rings. The van der Waals surface area contributed by atoms with Gasteiger partial charge in [-0.25, -0.2) is 0 Å². The van der Waals surface area contributed by atoms with Gasteiger partial charge in [-0.15, -0.1) is 0 Å². The summed E-state index contributed by atoms with van der Waals surface area (Å²) in [5.41, 5.74) is 14.1. The first-order chi connectivity index (χ1) is 13.8. The number of nitrogens with zero attached hydrogens (tertiary/aromatic N) is 1. The first-order valence-electron chi connectivity index (χ1n) is 10.3. The van der Waals surface area contributed by atoms with Gasteiger partial charge in [-0.1, -0.05) is 67.9 Å². The predicted molar refractivity (Wildman–Crippen MR) is 125 cm³/mol. The third kappa shape index (κ3) is 4.05. The summed E-state index contributed by atoms with van der Waals surface area (Å²) in [5.74, 6) is 0. The van der Waals surface area contributed by atoms with E-state index in [4.69, 9.17) is 17.3 Å². The Balaban J connectivity index is 1.86. The Morgan fingerprint density at radius 1 is 1.03 bits per heavy atom. The molecule has 0 radical (unpaired) electrons. The summed E-state index contributed by atoms with van der Waals surface area (Å²) >= 11 is 6.30. The molecule has 2 N–H and O–H groups in total. The average Bonchev–Trinajstić information content (AvgIpc) is 2.70. The lowest BCUT2D eigenvalue weighted by Crippen LogP contribution is -2.37. The summed E-state index contributed by atoms with van der Waals surface area (Å²) in [6, 6.07) is 23.4. The molecule has 2 nitrogen and oxygen atoms in total. The second-order valence-corrected chi connectivity index (χ2v) is 9.23. The van der Waals surface area contributed by atoms with Crippen molar-refractivity contribution < 1.29 is 0 Å². The standard InChI is InChI=1S/C26H29ClN2/c1-18(28)22-16-25-24(15-23(22)20-10-7-11-21(27)14-20)26(2,3)12-13-29(25)17-19-8-5-4-6-9-19/h4-11,14-16,18H,12-13,17,28H2,1-3H3. The van der Waals surface area contributed by atoms with Crippen molar-refractivity contribution in [2.45, 2.75) is 45.2 Å². The Morgan fingerprint density at radius 3 is 2.48 bits per heavy atom. The van der Waals surface area contributed by atoms with Crippen LogP contribution in [0.4, 0.5) is 5.69 Å². The molecule has 4 rings (SSSR count). The van der Waals surface area contributed by atoms with E-state index in [0.717, 1.165) is 30.1 Å². The van der Waals surface area contributed by atoms with Crippen LogP contribution in [0.1, 0.15) is 49.9 Å². The second-order valence-electron chi connectivity index (χ2n) is 8.80. The van der Waals surface area contributed by atoms with E-state index in [0.29, 0.717) is 0 Å². The van der Waals surface area contributed by atoms with Crippen molar-refractivity contribution in [3.05, 3.63) is 88.4 Å². The summed E-state index contributed by atoms with van der Waals surface area (Å²) in [6.07, 6.45) is 1.12. The van der Waals surface area contributed by atoms with Gasteiger partial charge in [0.15, 0.2) is 0 Å². The van der Waals surface area contributed by atoms with Crippen molar-refractivity contribution in [3.63, 3.8) is 0 Å². The lowest BCUT2D eigenvalue weighted by molar-refractivity contribution is 0.452. The number of hydrogen-bond acceptors (Lipinski definition) is 2. The first kappa shape index (κ1) is 20.0. The van der Waals surface area contributed by atoms with Gasteiger partial charge in [0.1, 0.15) is 0 Å². The second kappa shape index (κ2) is 7.85. The summed E-state index contributed by atoms with van der Waals surface area (Å²) in [6.45, 7) is 8.71. The fraction of sp³-hybridized carbons (Fsp3) is 0.308. The van der Waals surface area contributed by atoms with Gasteiger partial charge in [0.2, 0.25) is 0 Å². The Kier molecular flexibility index (Phi) is 5.42. The van der Waals surface area contributed by atoms with Gasteiger partial charge < -0.3 is 10.6 Å². The van der Waals surface area contributed by atoms with Gasteiger partial charge in [-0.3, -0.25) is 0 Å². The Morgan fingerprint density at radius 2 is 1.79 bits per heavy atom. The fourth-order valence-electron chi connectivity index (χ4n) is 4.33. The first-order valence-corrected chi connectivity index (χ1v) is 10.7. The van der Waals surface area contributed by atoms with Crippen molar-refractivity contribution in [2.75, 3.05) is 11.4 Å². The highest BCUT2D eigenvalue weighted by Gasteiger charge is 2.32. The van der Waals surface area contributed by atoms with Crippen LogP contribution in [0, 0.1) is 0 Å². The fourth-order valence-corrected chi connectivity index (χ4v) is 4.52. The van der Waals surface area contributed by atoms with Gasteiger partial charge in [0.05, 0.1) is 0 Å². The molecule has 0 amide bonds. The quantitative estimate of drug-likeness (QED) is 0.523. The zero-order chi connectivity index (χ0) is 20.6. The zero-order valence-corrected chi connectivity index (χ0v) is 18.2. The van der Waals surface area contributed by atoms with Crippen LogP contribution < -0.4 is 10.6 Å². The number of anilines is 1. The van der Waals surface area contributed by atoms with E-state index in [-0.39, 0.29) is 11.5 Å². The Labute approximate surface area is 179 Å². The third-order valence-electron chi connectivity index (χ3n) is 6.09. The Bertz CT molecular complexity index is 1010. The van der Waals surface area contributed by atoms with Gasteiger partial charge in [-0.05, 0) is 70.8 Å². The predicted octanol–water partition coefficient (Wildman–Crippen LogP) is 6.71. The number of hydrogen-bond donors (Lipinski definition) is 1. The number of fused-ring (bicyclic) bond motifs is 1. The molecule has 3 aromatic rings. The molecular formula is C26H29ClN2. The summed E-state index contributed by atoms with van der Waals surface area (Å²) in [4.78, 5) is 2.50. The molecule has 0 bridgehead atoms. The van der Waals surface area contributed by atoms with E-state index < -0.39 is 0 Å². The third-order valence-corrected chi connectivity index (χ3v) is 6.32. The molecule has 0 saturated heterocycles. The molecule has 29 heavy (non-hydrogen) atoms. The number of benzene rings is 3. The normalized spacial score (nSPS) is 16.4. The smallest absolute Gasteiger partial charge is 0.0429 e. The molecule has 1 unspecified atom stereocenters. The van der Waals surface area contributed by atoms with E-state index in [1.54, 1.807) is 0 Å². The molecule has 1 heterocycles. The number of halogens is 1. The van der Waals surface area contributed by atoms with E-state index in [1.165, 1.54) is 27.9 Å². The molecule has 1 atom stereocenters. The molecule has 0 aromatic heterocycles. The van der Waals surface area contributed by atoms with Crippen LogP contribution in [0.3, 0.4) is 0 Å². The monoisotopic (exact) mass is 404 g/mol.